The van der Waals surface area contributed by atoms with Gasteiger partial charge in [-0.05, 0) is 35.4 Å². The molecule has 0 radical (unpaired) electrons. The van der Waals surface area contributed by atoms with E-state index in [2.05, 4.69) is 15.9 Å². The Labute approximate surface area is 113 Å². The van der Waals surface area contributed by atoms with Gasteiger partial charge in [0.15, 0.2) is 0 Å². The van der Waals surface area contributed by atoms with E-state index in [0.29, 0.717) is 0 Å². The first-order chi connectivity index (χ1) is 7.66. The molecule has 16 heavy (non-hydrogen) atoms. The van der Waals surface area contributed by atoms with Crippen LogP contribution in [0.15, 0.2) is 48.5 Å². The number of hydrogen-bond donors (Lipinski definition) is 0. The molecular formula is C13H9BrCl2. The van der Waals surface area contributed by atoms with E-state index in [0.717, 1.165) is 10.0 Å². The lowest BCUT2D eigenvalue weighted by Crippen LogP contribution is -1.91. The Bertz CT molecular complexity index is 417. The Morgan fingerprint density at radius 3 is 1.31 bits per heavy atom. The molecule has 0 bridgehead atoms. The maximum Gasteiger partial charge on any atom is 0.0644 e. The van der Waals surface area contributed by atoms with Crippen LogP contribution in [-0.2, 0) is 0 Å². The molecule has 0 fully saturated rings. The molecule has 0 aliphatic heterocycles. The number of hydrogen-bond acceptors (Lipinski definition) is 0. The minimum absolute atomic E-state index is 0.169. The SMILES string of the molecule is Clc1ccc(C(Br)c2ccc(Cl)cc2)cc1. The van der Waals surface area contributed by atoms with Crippen LogP contribution in [0.3, 0.4) is 0 Å². The first-order valence-electron chi connectivity index (χ1n) is 4.82. The molecule has 0 atom stereocenters. The zero-order valence-corrected chi connectivity index (χ0v) is 11.4. The minimum atomic E-state index is 0.169. The van der Waals surface area contributed by atoms with Gasteiger partial charge in [-0.25, -0.2) is 0 Å². The molecule has 0 aliphatic carbocycles. The second-order valence-electron chi connectivity index (χ2n) is 3.47. The normalized spacial score (nSPS) is 10.8. The van der Waals surface area contributed by atoms with Gasteiger partial charge in [-0.3, -0.25) is 0 Å². The summed E-state index contributed by atoms with van der Waals surface area (Å²) in [6.07, 6.45) is 0. The van der Waals surface area contributed by atoms with Crippen LogP contribution >= 0.6 is 39.1 Å². The zero-order valence-electron chi connectivity index (χ0n) is 8.33. The van der Waals surface area contributed by atoms with Crippen LogP contribution in [0.25, 0.3) is 0 Å². The summed E-state index contributed by atoms with van der Waals surface area (Å²) >= 11 is 15.4. The van der Waals surface area contributed by atoms with Crippen molar-refractivity contribution in [1.29, 1.82) is 0 Å². The van der Waals surface area contributed by atoms with Crippen LogP contribution in [0.5, 0.6) is 0 Å². The van der Waals surface area contributed by atoms with Crippen molar-refractivity contribution in [1.82, 2.24) is 0 Å². The van der Waals surface area contributed by atoms with Crippen molar-refractivity contribution in [3.63, 3.8) is 0 Å². The molecule has 2 rings (SSSR count). The van der Waals surface area contributed by atoms with Gasteiger partial charge >= 0.3 is 0 Å². The van der Waals surface area contributed by atoms with Gasteiger partial charge < -0.3 is 0 Å². The highest BCUT2D eigenvalue weighted by Gasteiger charge is 2.09. The number of halogens is 3. The van der Waals surface area contributed by atoms with Crippen molar-refractivity contribution < 1.29 is 0 Å². The second kappa shape index (κ2) is 5.22. The zero-order chi connectivity index (χ0) is 11.5. The van der Waals surface area contributed by atoms with E-state index in [1.54, 1.807) is 0 Å². The molecule has 0 nitrogen and oxygen atoms in total. The standard InChI is InChI=1S/C13H9BrCl2/c14-13(9-1-5-11(15)6-2-9)10-3-7-12(16)8-4-10/h1-8,13H. The summed E-state index contributed by atoms with van der Waals surface area (Å²) in [6.45, 7) is 0. The van der Waals surface area contributed by atoms with E-state index >= 15 is 0 Å². The largest absolute Gasteiger partial charge is 0.0843 e. The predicted octanol–water partition coefficient (Wildman–Crippen LogP) is 5.48. The van der Waals surface area contributed by atoms with Gasteiger partial charge in [0.1, 0.15) is 0 Å². The third-order valence-corrected chi connectivity index (χ3v) is 3.89. The highest BCUT2D eigenvalue weighted by atomic mass is 79.9. The van der Waals surface area contributed by atoms with Gasteiger partial charge in [-0.1, -0.05) is 63.4 Å². The summed E-state index contributed by atoms with van der Waals surface area (Å²) in [4.78, 5) is 0.169. The van der Waals surface area contributed by atoms with Crippen LogP contribution in [0, 0.1) is 0 Å². The van der Waals surface area contributed by atoms with E-state index in [9.17, 15) is 0 Å². The van der Waals surface area contributed by atoms with Gasteiger partial charge in [0.2, 0.25) is 0 Å². The molecule has 0 saturated heterocycles. The molecule has 2 aromatic rings. The van der Waals surface area contributed by atoms with Crippen LogP contribution in [0.1, 0.15) is 16.0 Å². The van der Waals surface area contributed by atoms with Crippen LogP contribution in [0.2, 0.25) is 10.0 Å². The smallest absolute Gasteiger partial charge is 0.0644 e. The fourth-order valence-corrected chi connectivity index (χ4v) is 2.32. The van der Waals surface area contributed by atoms with E-state index in [1.807, 2.05) is 48.5 Å². The number of alkyl halides is 1. The van der Waals surface area contributed by atoms with Crippen molar-refractivity contribution >= 4 is 39.1 Å². The molecule has 82 valence electrons. The Morgan fingerprint density at radius 2 is 1.00 bits per heavy atom. The average molecular weight is 316 g/mol. The van der Waals surface area contributed by atoms with Crippen molar-refractivity contribution in [2.24, 2.45) is 0 Å². The van der Waals surface area contributed by atoms with Crippen LogP contribution < -0.4 is 0 Å². The molecule has 0 unspecified atom stereocenters. The molecule has 0 amide bonds. The third kappa shape index (κ3) is 2.79. The minimum Gasteiger partial charge on any atom is -0.0843 e. The Kier molecular flexibility index (Phi) is 3.91. The maximum absolute atomic E-state index is 5.85. The summed E-state index contributed by atoms with van der Waals surface area (Å²) in [6, 6.07) is 15.6. The van der Waals surface area contributed by atoms with Crippen LogP contribution in [0.4, 0.5) is 0 Å². The monoisotopic (exact) mass is 314 g/mol. The lowest BCUT2D eigenvalue weighted by Gasteiger charge is -2.10. The molecule has 0 spiro atoms. The summed E-state index contributed by atoms with van der Waals surface area (Å²) in [5, 5.41) is 1.50. The topological polar surface area (TPSA) is 0 Å². The van der Waals surface area contributed by atoms with Gasteiger partial charge in [0, 0.05) is 10.0 Å². The Morgan fingerprint density at radius 1 is 0.688 bits per heavy atom. The van der Waals surface area contributed by atoms with E-state index < -0.39 is 0 Å². The fraction of sp³-hybridized carbons (Fsp3) is 0.0769. The predicted molar refractivity (Wildman–Crippen MR) is 73.7 cm³/mol. The molecular weight excluding hydrogens is 307 g/mol. The Balaban J connectivity index is 2.28. The summed E-state index contributed by atoms with van der Waals surface area (Å²) in [5.74, 6) is 0. The van der Waals surface area contributed by atoms with Crippen molar-refractivity contribution in [2.75, 3.05) is 0 Å². The lowest BCUT2D eigenvalue weighted by molar-refractivity contribution is 1.18. The van der Waals surface area contributed by atoms with Gasteiger partial charge in [-0.2, -0.15) is 0 Å². The fourth-order valence-electron chi connectivity index (χ4n) is 1.46. The van der Waals surface area contributed by atoms with Crippen molar-refractivity contribution in [2.45, 2.75) is 4.83 Å². The quantitative estimate of drug-likeness (QED) is 0.644. The molecule has 0 aliphatic rings. The highest BCUT2D eigenvalue weighted by Crippen LogP contribution is 2.31. The third-order valence-electron chi connectivity index (χ3n) is 2.33. The molecule has 3 heteroatoms. The first-order valence-corrected chi connectivity index (χ1v) is 6.49. The van der Waals surface area contributed by atoms with Crippen molar-refractivity contribution in [3.05, 3.63) is 69.7 Å². The molecule has 0 saturated carbocycles. The highest BCUT2D eigenvalue weighted by molar-refractivity contribution is 9.09. The van der Waals surface area contributed by atoms with Gasteiger partial charge in [0.25, 0.3) is 0 Å². The second-order valence-corrected chi connectivity index (χ2v) is 5.25. The van der Waals surface area contributed by atoms with E-state index in [1.165, 1.54) is 11.1 Å². The van der Waals surface area contributed by atoms with E-state index in [4.69, 9.17) is 23.2 Å². The van der Waals surface area contributed by atoms with Crippen LogP contribution in [-0.4, -0.2) is 0 Å². The van der Waals surface area contributed by atoms with Gasteiger partial charge in [-0.15, -0.1) is 0 Å². The molecule has 0 N–H and O–H groups in total. The summed E-state index contributed by atoms with van der Waals surface area (Å²) < 4.78 is 0. The number of rotatable bonds is 2. The van der Waals surface area contributed by atoms with Crippen molar-refractivity contribution in [3.8, 4) is 0 Å². The molecule has 2 aromatic carbocycles. The Hall–Kier alpha value is -0.500. The lowest BCUT2D eigenvalue weighted by atomic mass is 10.1. The maximum atomic E-state index is 5.85. The average Bonchev–Trinajstić information content (AvgIpc) is 2.30. The van der Waals surface area contributed by atoms with E-state index in [-0.39, 0.29) is 4.83 Å². The summed E-state index contributed by atoms with van der Waals surface area (Å²) in [5.41, 5.74) is 2.35. The number of benzene rings is 2. The van der Waals surface area contributed by atoms with Gasteiger partial charge in [0.05, 0.1) is 4.83 Å². The summed E-state index contributed by atoms with van der Waals surface area (Å²) in [7, 11) is 0. The first kappa shape index (κ1) is 12.0. The molecule has 0 heterocycles. The molecule has 0 aromatic heterocycles.